The van der Waals surface area contributed by atoms with Crippen LogP contribution in [0.15, 0.2) is 23.1 Å². The highest BCUT2D eigenvalue weighted by molar-refractivity contribution is 5.69. The molecule has 0 aliphatic carbocycles. The van der Waals surface area contributed by atoms with Crippen molar-refractivity contribution in [1.82, 2.24) is 4.57 Å². The molecule has 0 amide bonds. The van der Waals surface area contributed by atoms with Crippen LogP contribution in [0.3, 0.4) is 0 Å². The molecule has 1 rings (SSSR count). The van der Waals surface area contributed by atoms with Crippen molar-refractivity contribution in [3.05, 3.63) is 34.2 Å². The zero-order valence-electron chi connectivity index (χ0n) is 8.32. The van der Waals surface area contributed by atoms with Crippen molar-refractivity contribution in [2.75, 3.05) is 7.11 Å². The number of nitrogens with zero attached hydrogens (tertiary/aromatic N) is 1. The number of carbonyl (C=O) groups is 1. The van der Waals surface area contributed by atoms with E-state index in [1.165, 1.54) is 17.7 Å². The number of aromatic nitrogens is 1. The monoisotopic (exact) mass is 195 g/mol. The molecule has 4 nitrogen and oxygen atoms in total. The first-order valence-electron chi connectivity index (χ1n) is 4.36. The van der Waals surface area contributed by atoms with Crippen molar-refractivity contribution in [3.8, 4) is 0 Å². The van der Waals surface area contributed by atoms with Crippen molar-refractivity contribution < 1.29 is 9.53 Å². The topological polar surface area (TPSA) is 48.3 Å². The molecule has 0 radical (unpaired) electrons. The summed E-state index contributed by atoms with van der Waals surface area (Å²) in [5.41, 5.74) is 0.797. The van der Waals surface area contributed by atoms with Gasteiger partial charge >= 0.3 is 5.97 Å². The Balaban J connectivity index is 2.65. The van der Waals surface area contributed by atoms with Gasteiger partial charge in [0.1, 0.15) is 0 Å². The molecule has 1 heterocycles. The van der Waals surface area contributed by atoms with Gasteiger partial charge in [-0.3, -0.25) is 9.59 Å². The molecule has 4 heteroatoms. The van der Waals surface area contributed by atoms with Crippen molar-refractivity contribution in [1.29, 1.82) is 0 Å². The summed E-state index contributed by atoms with van der Waals surface area (Å²) >= 11 is 0. The van der Waals surface area contributed by atoms with Crippen LogP contribution in [0.1, 0.15) is 12.0 Å². The molecule has 0 atom stereocenters. The molecule has 0 aromatic carbocycles. The number of ether oxygens (including phenoxy) is 1. The first-order chi connectivity index (χ1) is 6.63. The molecule has 0 fully saturated rings. The zero-order valence-corrected chi connectivity index (χ0v) is 8.32. The first-order valence-corrected chi connectivity index (χ1v) is 4.36. The van der Waals surface area contributed by atoms with Crippen molar-refractivity contribution in [2.45, 2.75) is 12.8 Å². The molecule has 0 N–H and O–H groups in total. The number of methoxy groups -OCH3 is 1. The molecule has 0 bridgehead atoms. The largest absolute Gasteiger partial charge is 0.469 e. The molecule has 0 unspecified atom stereocenters. The van der Waals surface area contributed by atoms with Crippen LogP contribution in [0.25, 0.3) is 0 Å². The third-order valence-electron chi connectivity index (χ3n) is 2.01. The van der Waals surface area contributed by atoms with Gasteiger partial charge in [-0.05, 0) is 18.1 Å². The molecular weight excluding hydrogens is 182 g/mol. The van der Waals surface area contributed by atoms with Gasteiger partial charge in [-0.15, -0.1) is 0 Å². The van der Waals surface area contributed by atoms with E-state index in [9.17, 15) is 9.59 Å². The Bertz CT molecular complexity index is 381. The van der Waals surface area contributed by atoms with E-state index in [1.807, 2.05) is 6.07 Å². The van der Waals surface area contributed by atoms with E-state index in [2.05, 4.69) is 4.74 Å². The fourth-order valence-electron chi connectivity index (χ4n) is 1.09. The van der Waals surface area contributed by atoms with Gasteiger partial charge in [-0.1, -0.05) is 0 Å². The number of aryl methyl sites for hydroxylation is 2. The summed E-state index contributed by atoms with van der Waals surface area (Å²) in [7, 11) is 3.04. The molecule has 14 heavy (non-hydrogen) atoms. The zero-order chi connectivity index (χ0) is 10.6. The van der Waals surface area contributed by atoms with E-state index in [4.69, 9.17) is 0 Å². The number of hydrogen-bond donors (Lipinski definition) is 0. The average Bonchev–Trinajstić information content (AvgIpc) is 2.19. The van der Waals surface area contributed by atoms with Gasteiger partial charge in [-0.2, -0.15) is 0 Å². The lowest BCUT2D eigenvalue weighted by atomic mass is 10.1. The fourth-order valence-corrected chi connectivity index (χ4v) is 1.09. The first kappa shape index (κ1) is 10.5. The molecule has 0 aliphatic rings. The van der Waals surface area contributed by atoms with Gasteiger partial charge < -0.3 is 9.30 Å². The third kappa shape index (κ3) is 2.73. The summed E-state index contributed by atoms with van der Waals surface area (Å²) in [5, 5.41) is 0. The maximum atomic E-state index is 11.2. The minimum Gasteiger partial charge on any atom is -0.469 e. The highest BCUT2D eigenvalue weighted by Gasteiger charge is 2.01. The predicted molar refractivity (Wildman–Crippen MR) is 52.0 cm³/mol. The standard InChI is InChI=1S/C10H13NO3/c1-11-6-5-8(7-9(11)12)3-4-10(13)14-2/h5-7H,3-4H2,1-2H3. The average molecular weight is 195 g/mol. The van der Waals surface area contributed by atoms with Crippen LogP contribution in [0.4, 0.5) is 0 Å². The summed E-state index contributed by atoms with van der Waals surface area (Å²) in [6.45, 7) is 0. The summed E-state index contributed by atoms with van der Waals surface area (Å²) in [6.07, 6.45) is 2.54. The molecular formula is C10H13NO3. The van der Waals surface area contributed by atoms with E-state index in [1.54, 1.807) is 13.2 Å². The number of esters is 1. The lowest BCUT2D eigenvalue weighted by molar-refractivity contribution is -0.140. The number of rotatable bonds is 3. The van der Waals surface area contributed by atoms with Crippen LogP contribution in [-0.2, 0) is 23.0 Å². The Morgan fingerprint density at radius 1 is 1.57 bits per heavy atom. The highest BCUT2D eigenvalue weighted by Crippen LogP contribution is 2.00. The van der Waals surface area contributed by atoms with E-state index < -0.39 is 0 Å². The Kier molecular flexibility index (Phi) is 3.45. The molecule has 0 spiro atoms. The van der Waals surface area contributed by atoms with Gasteiger partial charge in [0.05, 0.1) is 7.11 Å². The van der Waals surface area contributed by atoms with Gasteiger partial charge in [0.2, 0.25) is 0 Å². The summed E-state index contributed by atoms with van der Waals surface area (Å²) in [4.78, 5) is 22.0. The second-order valence-electron chi connectivity index (χ2n) is 3.06. The number of carbonyl (C=O) groups excluding carboxylic acids is 1. The molecule has 1 aromatic rings. The SMILES string of the molecule is COC(=O)CCc1ccn(C)c(=O)c1. The molecule has 1 aromatic heterocycles. The summed E-state index contributed by atoms with van der Waals surface area (Å²) in [5.74, 6) is -0.259. The maximum absolute atomic E-state index is 11.2. The van der Waals surface area contributed by atoms with Crippen LogP contribution in [0.2, 0.25) is 0 Å². The Labute approximate surface area is 82.1 Å². The van der Waals surface area contributed by atoms with Crippen LogP contribution >= 0.6 is 0 Å². The van der Waals surface area contributed by atoms with Crippen LogP contribution in [-0.4, -0.2) is 17.6 Å². The molecule has 0 aliphatic heterocycles. The van der Waals surface area contributed by atoms with Crippen molar-refractivity contribution in [2.24, 2.45) is 7.05 Å². The Morgan fingerprint density at radius 3 is 2.86 bits per heavy atom. The lowest BCUT2D eigenvalue weighted by Gasteiger charge is -2.01. The lowest BCUT2D eigenvalue weighted by Crippen LogP contribution is -2.15. The molecule has 76 valence electrons. The van der Waals surface area contributed by atoms with Gasteiger partial charge in [0.25, 0.3) is 5.56 Å². The number of pyridine rings is 1. The summed E-state index contributed by atoms with van der Waals surface area (Å²) in [6, 6.07) is 3.35. The molecule has 0 saturated carbocycles. The predicted octanol–water partition coefficient (Wildman–Crippen LogP) is 0.491. The second-order valence-corrected chi connectivity index (χ2v) is 3.06. The minimum atomic E-state index is -0.259. The normalized spacial score (nSPS) is 9.86. The van der Waals surface area contributed by atoms with Crippen molar-refractivity contribution >= 4 is 5.97 Å². The number of hydrogen-bond acceptors (Lipinski definition) is 3. The van der Waals surface area contributed by atoms with Gasteiger partial charge in [0.15, 0.2) is 0 Å². The fraction of sp³-hybridized carbons (Fsp3) is 0.400. The van der Waals surface area contributed by atoms with Crippen molar-refractivity contribution in [3.63, 3.8) is 0 Å². The van der Waals surface area contributed by atoms with E-state index >= 15 is 0 Å². The Morgan fingerprint density at radius 2 is 2.29 bits per heavy atom. The Hall–Kier alpha value is -1.58. The summed E-state index contributed by atoms with van der Waals surface area (Å²) < 4.78 is 5.99. The van der Waals surface area contributed by atoms with Crippen LogP contribution in [0, 0.1) is 0 Å². The van der Waals surface area contributed by atoms with Crippen LogP contribution < -0.4 is 5.56 Å². The minimum absolute atomic E-state index is 0.0626. The van der Waals surface area contributed by atoms with E-state index in [0.29, 0.717) is 12.8 Å². The molecule has 0 saturated heterocycles. The van der Waals surface area contributed by atoms with Crippen LogP contribution in [0.5, 0.6) is 0 Å². The van der Waals surface area contributed by atoms with E-state index in [-0.39, 0.29) is 11.5 Å². The second kappa shape index (κ2) is 4.60. The van der Waals surface area contributed by atoms with Gasteiger partial charge in [-0.25, -0.2) is 0 Å². The van der Waals surface area contributed by atoms with E-state index in [0.717, 1.165) is 5.56 Å². The maximum Gasteiger partial charge on any atom is 0.305 e. The van der Waals surface area contributed by atoms with Gasteiger partial charge in [0, 0.05) is 25.7 Å². The highest BCUT2D eigenvalue weighted by atomic mass is 16.5. The quantitative estimate of drug-likeness (QED) is 0.659. The smallest absolute Gasteiger partial charge is 0.305 e. The third-order valence-corrected chi connectivity index (χ3v) is 2.01.